The molecule has 7 nitrogen and oxygen atoms in total. The molecule has 0 radical (unpaired) electrons. The monoisotopic (exact) mass is 1000 g/mol. The maximum atomic E-state index is 12.1. The molecule has 3 atom stereocenters. The smallest absolute Gasteiger partial charge is 0.153 e. The number of phenols is 2. The molecule has 380 valence electrons. The number of ether oxygens (including phenoxy) is 5. The van der Waals surface area contributed by atoms with Gasteiger partial charge in [0.15, 0.2) is 6.10 Å². The summed E-state index contributed by atoms with van der Waals surface area (Å²) in [6.07, 6.45) is -1.91. The first kappa shape index (κ1) is 51.7. The quantitative estimate of drug-likeness (QED) is 0.0885. The minimum Gasteiger partial charge on any atom is -0.508 e. The highest BCUT2D eigenvalue weighted by Gasteiger charge is 2.37. The van der Waals surface area contributed by atoms with Crippen molar-refractivity contribution in [3.63, 3.8) is 0 Å². The van der Waals surface area contributed by atoms with Crippen molar-refractivity contribution in [2.45, 2.75) is 57.2 Å². The molecule has 0 aliphatic rings. The van der Waals surface area contributed by atoms with Crippen molar-refractivity contribution < 1.29 is 33.9 Å². The first-order valence-electron chi connectivity index (χ1n) is 25.5. The molecular formula is C69H62O7. The third-order valence-corrected chi connectivity index (χ3v) is 12.9. The van der Waals surface area contributed by atoms with Gasteiger partial charge in [0, 0.05) is 27.8 Å². The molecule has 0 heterocycles. The highest BCUT2D eigenvalue weighted by atomic mass is 16.5. The fourth-order valence-corrected chi connectivity index (χ4v) is 9.47. The third kappa shape index (κ3) is 12.8. The molecule has 0 fully saturated rings. The molecule has 0 saturated carbocycles. The molecule has 10 aromatic rings. The fourth-order valence-electron chi connectivity index (χ4n) is 9.47. The molecule has 3 unspecified atom stereocenters. The molecule has 0 aromatic heterocycles. The fraction of sp³-hybridized carbons (Fsp3) is 0.130. The first-order chi connectivity index (χ1) is 37.0. The zero-order valence-corrected chi connectivity index (χ0v) is 43.1. The molecule has 0 aliphatic carbocycles. The Hall–Kier alpha value is -9.20. The first-order valence-corrected chi connectivity index (χ1v) is 25.5. The predicted molar refractivity (Wildman–Crippen MR) is 302 cm³/mol. The second kappa shape index (κ2) is 24.2. The van der Waals surface area contributed by atoms with Crippen LogP contribution < -0.4 is 23.7 Å². The molecule has 10 aromatic carbocycles. The molecule has 10 rings (SSSR count). The summed E-state index contributed by atoms with van der Waals surface area (Å²) in [4.78, 5) is 0. The van der Waals surface area contributed by atoms with Crippen LogP contribution in [0.4, 0.5) is 0 Å². The molecule has 0 amide bonds. The lowest BCUT2D eigenvalue weighted by Crippen LogP contribution is -2.33. The summed E-state index contributed by atoms with van der Waals surface area (Å²) in [5, 5.41) is 22.8. The van der Waals surface area contributed by atoms with Gasteiger partial charge >= 0.3 is 0 Å². The number of rotatable bonds is 18. The molecule has 76 heavy (non-hydrogen) atoms. The van der Waals surface area contributed by atoms with Crippen LogP contribution in [-0.2, 0) is 11.2 Å². The summed E-state index contributed by atoms with van der Waals surface area (Å²) in [5.74, 6) is 3.89. The van der Waals surface area contributed by atoms with E-state index in [1.165, 1.54) is 0 Å². The van der Waals surface area contributed by atoms with Gasteiger partial charge in [0.2, 0.25) is 0 Å². The summed E-state index contributed by atoms with van der Waals surface area (Å²) in [6, 6.07) is 88.0. The Balaban J connectivity index is 0.000000221. The Bertz CT molecular complexity index is 3340. The van der Waals surface area contributed by atoms with E-state index < -0.39 is 29.5 Å². The lowest BCUT2D eigenvalue weighted by Gasteiger charge is -2.35. The minimum atomic E-state index is -0.751. The number of hydrogen-bond donors (Lipinski definition) is 2. The van der Waals surface area contributed by atoms with Crippen molar-refractivity contribution in [2.75, 3.05) is 0 Å². The zero-order valence-electron chi connectivity index (χ0n) is 43.1. The Morgan fingerprint density at radius 1 is 0.289 bits per heavy atom. The van der Waals surface area contributed by atoms with Crippen molar-refractivity contribution in [1.29, 1.82) is 0 Å². The average molecular weight is 1000 g/mol. The number of hydrogen-bond acceptors (Lipinski definition) is 7. The largest absolute Gasteiger partial charge is 0.508 e. The van der Waals surface area contributed by atoms with Crippen molar-refractivity contribution in [1.82, 2.24) is 0 Å². The van der Waals surface area contributed by atoms with E-state index in [4.69, 9.17) is 23.7 Å². The standard InChI is InChI=1S/C45H36O4.C24H26O3/c46-40-32-31-39(43(33-19-7-1-8-20-33)47-36-25-13-4-14-26-36)41(44(34-21-9-2-10-22-34)48-37-27-15-5-16-28-37)42(40)45(35-23-11-3-12-24-35)49-38-29-17-6-18-30-38;1-23(2,26-18-12-7-5-8-13-18)20-16-11-17-21(25)22(20)24(3,4)27-19-14-9-6-10-15-19/h1-32,43-46H;5-17,25H,1-4H3. The Kier molecular flexibility index (Phi) is 16.5. The van der Waals surface area contributed by atoms with Gasteiger partial charge in [-0.1, -0.05) is 200 Å². The van der Waals surface area contributed by atoms with Gasteiger partial charge in [-0.15, -0.1) is 0 Å². The molecule has 2 N–H and O–H groups in total. The molecular weight excluding hydrogens is 941 g/mol. The third-order valence-electron chi connectivity index (χ3n) is 12.9. The normalized spacial score (nSPS) is 12.4. The van der Waals surface area contributed by atoms with E-state index in [2.05, 4.69) is 24.3 Å². The van der Waals surface area contributed by atoms with Crippen LogP contribution in [0, 0.1) is 0 Å². The van der Waals surface area contributed by atoms with Crippen LogP contribution in [0.2, 0.25) is 0 Å². The highest BCUT2D eigenvalue weighted by Crippen LogP contribution is 2.47. The van der Waals surface area contributed by atoms with E-state index in [9.17, 15) is 10.2 Å². The summed E-state index contributed by atoms with van der Waals surface area (Å²) >= 11 is 0. The number of phenolic OH excluding ortho intramolecular Hbond substituents is 2. The average Bonchev–Trinajstić information content (AvgIpc) is 3.46. The Morgan fingerprint density at radius 2 is 0.618 bits per heavy atom. The van der Waals surface area contributed by atoms with Gasteiger partial charge in [-0.3, -0.25) is 0 Å². The van der Waals surface area contributed by atoms with Crippen molar-refractivity contribution >= 4 is 0 Å². The lowest BCUT2D eigenvalue weighted by atomic mass is 9.83. The topological polar surface area (TPSA) is 86.6 Å². The molecule has 0 aliphatic heterocycles. The molecule has 0 bridgehead atoms. The maximum Gasteiger partial charge on any atom is 0.153 e. The van der Waals surface area contributed by atoms with Crippen LogP contribution in [0.3, 0.4) is 0 Å². The Morgan fingerprint density at radius 3 is 1.03 bits per heavy atom. The van der Waals surface area contributed by atoms with Crippen LogP contribution >= 0.6 is 0 Å². The van der Waals surface area contributed by atoms with Crippen molar-refractivity contribution in [3.05, 3.63) is 317 Å². The minimum absolute atomic E-state index is 0.0904. The second-order valence-electron chi connectivity index (χ2n) is 19.2. The predicted octanol–water partition coefficient (Wildman–Crippen LogP) is 16.9. The van der Waals surface area contributed by atoms with E-state index >= 15 is 0 Å². The van der Waals surface area contributed by atoms with Gasteiger partial charge in [0.25, 0.3) is 0 Å². The summed E-state index contributed by atoms with van der Waals surface area (Å²) in [7, 11) is 0. The molecule has 0 saturated heterocycles. The second-order valence-corrected chi connectivity index (χ2v) is 19.2. The number of para-hydroxylation sites is 5. The van der Waals surface area contributed by atoms with E-state index in [-0.39, 0.29) is 11.5 Å². The lowest BCUT2D eigenvalue weighted by molar-refractivity contribution is 0.0802. The van der Waals surface area contributed by atoms with E-state index in [1.807, 2.05) is 264 Å². The SMILES string of the molecule is CC(C)(Oc1ccccc1)c1cccc(O)c1C(C)(C)Oc1ccccc1.Oc1ccc(C(Oc2ccccc2)c2ccccc2)c(C(Oc2ccccc2)c2ccccc2)c1C(Oc1ccccc1)c1ccccc1. The van der Waals surface area contributed by atoms with Gasteiger partial charge in [-0.05, 0) is 117 Å². The van der Waals surface area contributed by atoms with Crippen LogP contribution in [-0.4, -0.2) is 10.2 Å². The number of aromatic hydroxyl groups is 2. The van der Waals surface area contributed by atoms with E-state index in [1.54, 1.807) is 12.1 Å². The summed E-state index contributed by atoms with van der Waals surface area (Å²) in [6.45, 7) is 7.90. The van der Waals surface area contributed by atoms with Gasteiger partial charge in [0.1, 0.15) is 63.7 Å². The highest BCUT2D eigenvalue weighted by molar-refractivity contribution is 5.56. The van der Waals surface area contributed by atoms with Crippen LogP contribution in [0.1, 0.15) is 90.5 Å². The van der Waals surface area contributed by atoms with E-state index in [0.717, 1.165) is 56.2 Å². The van der Waals surface area contributed by atoms with Gasteiger partial charge in [-0.2, -0.15) is 0 Å². The molecule has 0 spiro atoms. The number of benzene rings is 10. The van der Waals surface area contributed by atoms with Gasteiger partial charge in [-0.25, -0.2) is 0 Å². The summed E-state index contributed by atoms with van der Waals surface area (Å²) < 4.78 is 33.2. The van der Waals surface area contributed by atoms with Crippen LogP contribution in [0.5, 0.6) is 40.2 Å². The van der Waals surface area contributed by atoms with Gasteiger partial charge in [0.05, 0.1) is 0 Å². The zero-order chi connectivity index (χ0) is 52.7. The van der Waals surface area contributed by atoms with Crippen molar-refractivity contribution in [2.24, 2.45) is 0 Å². The van der Waals surface area contributed by atoms with Crippen LogP contribution in [0.25, 0.3) is 0 Å². The van der Waals surface area contributed by atoms with Gasteiger partial charge < -0.3 is 33.9 Å². The van der Waals surface area contributed by atoms with Crippen molar-refractivity contribution in [3.8, 4) is 40.2 Å². The molecule has 7 heteroatoms. The van der Waals surface area contributed by atoms with Crippen LogP contribution in [0.15, 0.2) is 273 Å². The summed E-state index contributed by atoms with van der Waals surface area (Å²) in [5.41, 5.74) is 5.12. The Labute approximate surface area is 446 Å². The maximum absolute atomic E-state index is 12.1. The van der Waals surface area contributed by atoms with E-state index in [0.29, 0.717) is 17.1 Å².